The molecule has 2 aromatic carbocycles. The summed E-state index contributed by atoms with van der Waals surface area (Å²) in [5.41, 5.74) is 8.17. The Morgan fingerprint density at radius 1 is 1.10 bits per heavy atom. The number of carbonyl (C=O) groups is 1. The second-order valence-corrected chi connectivity index (χ2v) is 7.11. The molecule has 1 amide bonds. The van der Waals surface area contributed by atoms with E-state index in [0.29, 0.717) is 22.9 Å². The normalized spacial score (nSPS) is 10.6. The fourth-order valence-electron chi connectivity index (χ4n) is 2.90. The molecule has 3 rings (SSSR count). The number of hydrazine groups is 1. The van der Waals surface area contributed by atoms with Crippen molar-refractivity contribution in [2.24, 2.45) is 0 Å². The third-order valence-corrected chi connectivity index (χ3v) is 4.34. The number of hydrogen-bond acceptors (Lipinski definition) is 4. The van der Waals surface area contributed by atoms with Crippen molar-refractivity contribution in [3.05, 3.63) is 60.2 Å². The Balaban J connectivity index is 1.98. The van der Waals surface area contributed by atoms with Gasteiger partial charge in [-0.2, -0.15) is 0 Å². The van der Waals surface area contributed by atoms with E-state index in [0.717, 1.165) is 22.2 Å². The number of benzene rings is 2. The van der Waals surface area contributed by atoms with Crippen molar-refractivity contribution in [1.82, 2.24) is 21.2 Å². The lowest BCUT2D eigenvalue weighted by molar-refractivity contribution is 0.0945. The predicted octanol–water partition coefficient (Wildman–Crippen LogP) is 3.82. The molecule has 150 valence electrons. The lowest BCUT2D eigenvalue weighted by Gasteiger charge is -2.14. The minimum absolute atomic E-state index is 0.0720. The maximum atomic E-state index is 12.8. The molecule has 0 aliphatic heterocycles. The van der Waals surface area contributed by atoms with Crippen LogP contribution in [0.2, 0.25) is 0 Å². The van der Waals surface area contributed by atoms with E-state index in [-0.39, 0.29) is 12.0 Å². The minimum Gasteiger partial charge on any atom is -0.491 e. The number of aromatic nitrogens is 1. The lowest BCUT2D eigenvalue weighted by atomic mass is 10.0. The van der Waals surface area contributed by atoms with Gasteiger partial charge in [-0.1, -0.05) is 30.3 Å². The second kappa shape index (κ2) is 9.34. The van der Waals surface area contributed by atoms with Crippen molar-refractivity contribution in [2.45, 2.75) is 26.9 Å². The van der Waals surface area contributed by atoms with Gasteiger partial charge >= 0.3 is 0 Å². The van der Waals surface area contributed by atoms with Crippen LogP contribution in [0, 0.1) is 0 Å². The van der Waals surface area contributed by atoms with E-state index in [1.165, 1.54) is 0 Å². The number of nitrogens with one attached hydrogen (secondary N) is 3. The standard InChI is InChI=1S/C22H24N4O2S/c1-4-23-22(29)26-25-21(27)18-13-20(24-19-11-6-5-10-17(18)19)15-8-7-9-16(12-15)28-14(2)3/h5-14H,4H2,1-3H3,(H,25,27)(H2,23,26,29). The number of pyridine rings is 1. The molecule has 0 unspecified atom stereocenters. The summed E-state index contributed by atoms with van der Waals surface area (Å²) in [4.78, 5) is 17.6. The van der Waals surface area contributed by atoms with E-state index < -0.39 is 0 Å². The number of ether oxygens (including phenoxy) is 1. The maximum absolute atomic E-state index is 12.8. The molecule has 0 aliphatic carbocycles. The fourth-order valence-corrected chi connectivity index (χ4v) is 3.09. The highest BCUT2D eigenvalue weighted by Crippen LogP contribution is 2.27. The van der Waals surface area contributed by atoms with Crippen molar-refractivity contribution >= 4 is 34.1 Å². The highest BCUT2D eigenvalue weighted by atomic mass is 32.1. The molecule has 29 heavy (non-hydrogen) atoms. The highest BCUT2D eigenvalue weighted by molar-refractivity contribution is 7.80. The van der Waals surface area contributed by atoms with Gasteiger partial charge in [-0.25, -0.2) is 4.98 Å². The Labute approximate surface area is 175 Å². The zero-order valence-electron chi connectivity index (χ0n) is 16.7. The van der Waals surface area contributed by atoms with Crippen LogP contribution in [0.1, 0.15) is 31.1 Å². The van der Waals surface area contributed by atoms with E-state index in [1.807, 2.05) is 69.3 Å². The summed E-state index contributed by atoms with van der Waals surface area (Å²) in [5, 5.41) is 4.05. The van der Waals surface area contributed by atoms with Crippen LogP contribution in [0.4, 0.5) is 0 Å². The van der Waals surface area contributed by atoms with Crippen LogP contribution in [0.5, 0.6) is 5.75 Å². The molecule has 6 nitrogen and oxygen atoms in total. The van der Waals surface area contributed by atoms with E-state index in [9.17, 15) is 4.79 Å². The molecule has 3 aromatic rings. The molecular formula is C22H24N4O2S. The molecule has 0 atom stereocenters. The third kappa shape index (κ3) is 5.20. The Morgan fingerprint density at radius 2 is 1.90 bits per heavy atom. The highest BCUT2D eigenvalue weighted by Gasteiger charge is 2.14. The van der Waals surface area contributed by atoms with Gasteiger partial charge in [0.2, 0.25) is 0 Å². The first-order chi connectivity index (χ1) is 14.0. The van der Waals surface area contributed by atoms with Gasteiger partial charge in [-0.05, 0) is 57.3 Å². The Bertz CT molecular complexity index is 1040. The summed E-state index contributed by atoms with van der Waals surface area (Å²) >= 11 is 5.11. The fraction of sp³-hybridized carbons (Fsp3) is 0.227. The number of rotatable bonds is 5. The SMILES string of the molecule is CCNC(=S)NNC(=O)c1cc(-c2cccc(OC(C)C)c2)nc2ccccc12. The van der Waals surface area contributed by atoms with Gasteiger partial charge in [0.05, 0.1) is 22.9 Å². The Kier molecular flexibility index (Phi) is 6.61. The molecule has 7 heteroatoms. The van der Waals surface area contributed by atoms with E-state index in [4.69, 9.17) is 21.9 Å². The molecular weight excluding hydrogens is 384 g/mol. The van der Waals surface area contributed by atoms with Crippen molar-refractivity contribution in [3.8, 4) is 17.0 Å². The Hall–Kier alpha value is -3.19. The number of hydrogen-bond donors (Lipinski definition) is 3. The molecule has 0 fully saturated rings. The van der Waals surface area contributed by atoms with Gasteiger partial charge in [-0.15, -0.1) is 0 Å². The lowest BCUT2D eigenvalue weighted by Crippen LogP contribution is -2.46. The van der Waals surface area contributed by atoms with Crippen LogP contribution in [0.3, 0.4) is 0 Å². The van der Waals surface area contributed by atoms with E-state index >= 15 is 0 Å². The van der Waals surface area contributed by atoms with Gasteiger partial charge in [0.25, 0.3) is 5.91 Å². The summed E-state index contributed by atoms with van der Waals surface area (Å²) < 4.78 is 5.79. The van der Waals surface area contributed by atoms with Crippen LogP contribution >= 0.6 is 12.2 Å². The predicted molar refractivity (Wildman–Crippen MR) is 120 cm³/mol. The summed E-state index contributed by atoms with van der Waals surface area (Å²) in [5.74, 6) is 0.468. The largest absolute Gasteiger partial charge is 0.491 e. The smallest absolute Gasteiger partial charge is 0.270 e. The average molecular weight is 409 g/mol. The zero-order valence-corrected chi connectivity index (χ0v) is 17.5. The van der Waals surface area contributed by atoms with Crippen molar-refractivity contribution in [2.75, 3.05) is 6.54 Å². The van der Waals surface area contributed by atoms with Crippen LogP contribution in [-0.2, 0) is 0 Å². The van der Waals surface area contributed by atoms with Gasteiger partial charge in [-0.3, -0.25) is 15.6 Å². The quantitative estimate of drug-likeness (QED) is 0.440. The molecule has 3 N–H and O–H groups in total. The number of amides is 1. The molecule has 0 aliphatic rings. The maximum Gasteiger partial charge on any atom is 0.270 e. The van der Waals surface area contributed by atoms with Crippen LogP contribution in [0.15, 0.2) is 54.6 Å². The number of thiocarbonyl (C=S) groups is 1. The van der Waals surface area contributed by atoms with E-state index in [2.05, 4.69) is 16.2 Å². The first-order valence-electron chi connectivity index (χ1n) is 9.49. The number of nitrogens with zero attached hydrogens (tertiary/aromatic N) is 1. The topological polar surface area (TPSA) is 75.3 Å². The van der Waals surface area contributed by atoms with Gasteiger partial charge in [0.15, 0.2) is 5.11 Å². The minimum atomic E-state index is -0.292. The van der Waals surface area contributed by atoms with Gasteiger partial charge in [0, 0.05) is 17.5 Å². The Morgan fingerprint density at radius 3 is 2.66 bits per heavy atom. The number of para-hydroxylation sites is 1. The molecule has 0 saturated heterocycles. The number of carbonyl (C=O) groups excluding carboxylic acids is 1. The van der Waals surface area contributed by atoms with Crippen molar-refractivity contribution < 1.29 is 9.53 Å². The van der Waals surface area contributed by atoms with Gasteiger partial charge < -0.3 is 10.1 Å². The number of fused-ring (bicyclic) bond motifs is 1. The van der Waals surface area contributed by atoms with Crippen LogP contribution < -0.4 is 20.9 Å². The van der Waals surface area contributed by atoms with Crippen LogP contribution in [-0.4, -0.2) is 28.7 Å². The summed E-state index contributed by atoms with van der Waals surface area (Å²) in [6.07, 6.45) is 0.0720. The van der Waals surface area contributed by atoms with Crippen molar-refractivity contribution in [3.63, 3.8) is 0 Å². The first-order valence-corrected chi connectivity index (χ1v) is 9.89. The molecule has 0 saturated carbocycles. The average Bonchev–Trinajstić information content (AvgIpc) is 2.71. The zero-order chi connectivity index (χ0) is 20.8. The van der Waals surface area contributed by atoms with Crippen molar-refractivity contribution in [1.29, 1.82) is 0 Å². The molecule has 1 aromatic heterocycles. The van der Waals surface area contributed by atoms with E-state index in [1.54, 1.807) is 6.07 Å². The third-order valence-electron chi connectivity index (χ3n) is 4.09. The molecule has 0 bridgehead atoms. The first kappa shape index (κ1) is 20.5. The summed E-state index contributed by atoms with van der Waals surface area (Å²) in [7, 11) is 0. The second-order valence-electron chi connectivity index (χ2n) is 6.71. The summed E-state index contributed by atoms with van der Waals surface area (Å²) in [6.45, 7) is 6.55. The molecule has 0 spiro atoms. The summed E-state index contributed by atoms with van der Waals surface area (Å²) in [6, 6.07) is 17.0. The molecule has 0 radical (unpaired) electrons. The molecule has 1 heterocycles. The van der Waals surface area contributed by atoms with Crippen LogP contribution in [0.25, 0.3) is 22.2 Å². The van der Waals surface area contributed by atoms with Gasteiger partial charge in [0.1, 0.15) is 5.75 Å². The monoisotopic (exact) mass is 408 g/mol.